The number of benzene rings is 2. The summed E-state index contributed by atoms with van der Waals surface area (Å²) >= 11 is 0. The molecule has 3 aromatic rings. The molecule has 0 spiro atoms. The highest BCUT2D eigenvalue weighted by Gasteiger charge is 2.28. The Kier molecular flexibility index (Phi) is 5.72. The molecular weight excluding hydrogens is 390 g/mol. The molecule has 0 bridgehead atoms. The monoisotopic (exact) mass is 419 g/mol. The number of nitrogens with one attached hydrogen (secondary N) is 3. The van der Waals surface area contributed by atoms with Gasteiger partial charge in [-0.25, -0.2) is 4.98 Å². The number of fused-ring (bicyclic) bond motifs is 1. The summed E-state index contributed by atoms with van der Waals surface area (Å²) in [6.07, 6.45) is 2.96. The minimum absolute atomic E-state index is 0.0709. The highest BCUT2D eigenvalue weighted by atomic mass is 16.3. The molecule has 5 rings (SSSR count). The van der Waals surface area contributed by atoms with Crippen molar-refractivity contribution in [2.75, 3.05) is 25.0 Å². The third-order valence-corrected chi connectivity index (χ3v) is 6.30. The van der Waals surface area contributed by atoms with Crippen molar-refractivity contribution >= 4 is 22.7 Å². The Hall–Kier alpha value is -2.74. The zero-order chi connectivity index (χ0) is 21.2. The number of hydrogen-bond acceptors (Lipinski definition) is 6. The number of para-hydroxylation sites is 2. The Labute approximate surface area is 182 Å². The number of carbonyl (C=O) groups excluding carboxylic acids is 1. The van der Waals surface area contributed by atoms with E-state index in [0.29, 0.717) is 18.0 Å². The predicted octanol–water partition coefficient (Wildman–Crippen LogP) is 3.40. The van der Waals surface area contributed by atoms with E-state index in [4.69, 9.17) is 4.42 Å². The number of piperidine rings is 1. The summed E-state index contributed by atoms with van der Waals surface area (Å²) in [6, 6.07) is 16.5. The molecule has 7 nitrogen and oxygen atoms in total. The van der Waals surface area contributed by atoms with Gasteiger partial charge in [0.15, 0.2) is 5.58 Å². The molecule has 0 aliphatic carbocycles. The molecule has 1 amide bonds. The fourth-order valence-electron chi connectivity index (χ4n) is 4.55. The maximum atomic E-state index is 12.8. The summed E-state index contributed by atoms with van der Waals surface area (Å²) in [5.74, 6) is 0.776. The predicted molar refractivity (Wildman–Crippen MR) is 121 cm³/mol. The van der Waals surface area contributed by atoms with Crippen molar-refractivity contribution < 1.29 is 9.21 Å². The standard InChI is InChI=1S/C24H29N5O2/c1-16-14-20(28-27-16)15-29-12-10-17(11-13-29)23(30)25-19-8-6-18(7-9-19)24-26-21-4-2-3-5-22(21)31-24/h2-9,16-17,20,27-28H,10-15H2,1H3,(H,25,30). The van der Waals surface area contributed by atoms with Crippen LogP contribution in [0.15, 0.2) is 52.9 Å². The number of amides is 1. The normalized spacial score (nSPS) is 22.7. The molecule has 2 aliphatic rings. The average molecular weight is 420 g/mol. The fraction of sp³-hybridized carbons (Fsp3) is 0.417. The zero-order valence-electron chi connectivity index (χ0n) is 17.8. The van der Waals surface area contributed by atoms with Crippen molar-refractivity contribution in [2.24, 2.45) is 5.92 Å². The average Bonchev–Trinajstić information content (AvgIpc) is 3.40. The van der Waals surface area contributed by atoms with Gasteiger partial charge in [-0.1, -0.05) is 12.1 Å². The molecule has 2 fully saturated rings. The first-order valence-corrected chi connectivity index (χ1v) is 11.1. The van der Waals surface area contributed by atoms with E-state index in [-0.39, 0.29) is 11.8 Å². The maximum absolute atomic E-state index is 12.8. The van der Waals surface area contributed by atoms with Gasteiger partial charge in [0, 0.05) is 35.8 Å². The number of aromatic nitrogens is 1. The van der Waals surface area contributed by atoms with E-state index in [0.717, 1.165) is 61.2 Å². The van der Waals surface area contributed by atoms with Crippen molar-refractivity contribution in [3.63, 3.8) is 0 Å². The van der Waals surface area contributed by atoms with Gasteiger partial charge in [0.25, 0.3) is 0 Å². The highest BCUT2D eigenvalue weighted by Crippen LogP contribution is 2.26. The van der Waals surface area contributed by atoms with Crippen LogP contribution < -0.4 is 16.2 Å². The van der Waals surface area contributed by atoms with E-state index in [1.54, 1.807) is 0 Å². The lowest BCUT2D eigenvalue weighted by atomic mass is 9.95. The molecule has 31 heavy (non-hydrogen) atoms. The SMILES string of the molecule is CC1CC(CN2CCC(C(=O)Nc3ccc(-c4nc5ccccc5o4)cc3)CC2)NN1. The van der Waals surface area contributed by atoms with Crippen molar-refractivity contribution in [3.8, 4) is 11.5 Å². The Bertz CT molecular complexity index is 1010. The van der Waals surface area contributed by atoms with Gasteiger partial charge in [-0.05, 0) is 75.7 Å². The van der Waals surface area contributed by atoms with Gasteiger partial charge in [0.05, 0.1) is 0 Å². The van der Waals surface area contributed by atoms with Gasteiger partial charge in [-0.2, -0.15) is 0 Å². The summed E-state index contributed by atoms with van der Waals surface area (Å²) < 4.78 is 5.82. The number of oxazole rings is 1. The van der Waals surface area contributed by atoms with E-state index < -0.39 is 0 Å². The van der Waals surface area contributed by atoms with Gasteiger partial charge in [0.1, 0.15) is 5.52 Å². The molecule has 0 saturated carbocycles. The molecule has 2 atom stereocenters. The van der Waals surface area contributed by atoms with E-state index in [9.17, 15) is 4.79 Å². The summed E-state index contributed by atoms with van der Waals surface area (Å²) in [5.41, 5.74) is 9.97. The number of hydrogen-bond donors (Lipinski definition) is 3. The second-order valence-corrected chi connectivity index (χ2v) is 8.75. The molecule has 2 aliphatic heterocycles. The Morgan fingerprint density at radius 2 is 1.90 bits per heavy atom. The van der Waals surface area contributed by atoms with Crippen LogP contribution in [0.5, 0.6) is 0 Å². The molecule has 2 unspecified atom stereocenters. The van der Waals surface area contributed by atoms with Crippen LogP contribution in [0.1, 0.15) is 26.2 Å². The van der Waals surface area contributed by atoms with Crippen molar-refractivity contribution in [1.82, 2.24) is 20.7 Å². The van der Waals surface area contributed by atoms with Gasteiger partial charge >= 0.3 is 0 Å². The second-order valence-electron chi connectivity index (χ2n) is 8.75. The van der Waals surface area contributed by atoms with E-state index in [1.807, 2.05) is 48.5 Å². The third-order valence-electron chi connectivity index (χ3n) is 6.30. The van der Waals surface area contributed by atoms with Gasteiger partial charge in [-0.15, -0.1) is 0 Å². The smallest absolute Gasteiger partial charge is 0.227 e. The largest absolute Gasteiger partial charge is 0.436 e. The Balaban J connectivity index is 1.14. The number of hydrazine groups is 1. The molecule has 162 valence electrons. The van der Waals surface area contributed by atoms with Gasteiger partial charge in [0.2, 0.25) is 11.8 Å². The first-order valence-electron chi connectivity index (χ1n) is 11.1. The van der Waals surface area contributed by atoms with Gasteiger partial charge < -0.3 is 14.6 Å². The lowest BCUT2D eigenvalue weighted by molar-refractivity contribution is -0.121. The van der Waals surface area contributed by atoms with Crippen LogP contribution in [0.25, 0.3) is 22.6 Å². The van der Waals surface area contributed by atoms with Crippen molar-refractivity contribution in [3.05, 3.63) is 48.5 Å². The molecule has 3 N–H and O–H groups in total. The van der Waals surface area contributed by atoms with Crippen molar-refractivity contribution in [1.29, 1.82) is 0 Å². The number of anilines is 1. The van der Waals surface area contributed by atoms with Crippen LogP contribution in [-0.2, 0) is 4.79 Å². The maximum Gasteiger partial charge on any atom is 0.227 e. The Morgan fingerprint density at radius 1 is 1.13 bits per heavy atom. The zero-order valence-corrected chi connectivity index (χ0v) is 17.8. The summed E-state index contributed by atoms with van der Waals surface area (Å²) in [5, 5.41) is 3.08. The summed E-state index contributed by atoms with van der Waals surface area (Å²) in [6.45, 7) is 5.19. The quantitative estimate of drug-likeness (QED) is 0.588. The number of likely N-dealkylation sites (tertiary alicyclic amines) is 1. The summed E-state index contributed by atoms with van der Waals surface area (Å²) in [7, 11) is 0. The van der Waals surface area contributed by atoms with Crippen LogP contribution >= 0.6 is 0 Å². The van der Waals surface area contributed by atoms with Crippen LogP contribution in [0.4, 0.5) is 5.69 Å². The molecule has 2 saturated heterocycles. The lowest BCUT2D eigenvalue weighted by Gasteiger charge is -2.32. The van der Waals surface area contributed by atoms with Crippen molar-refractivity contribution in [2.45, 2.75) is 38.3 Å². The Morgan fingerprint density at radius 3 is 2.61 bits per heavy atom. The second kappa shape index (κ2) is 8.78. The molecule has 2 aromatic carbocycles. The lowest BCUT2D eigenvalue weighted by Crippen LogP contribution is -2.45. The fourth-order valence-corrected chi connectivity index (χ4v) is 4.55. The molecule has 3 heterocycles. The molecular formula is C24H29N5O2. The van der Waals surface area contributed by atoms with Crippen LogP contribution in [0.2, 0.25) is 0 Å². The molecule has 0 radical (unpaired) electrons. The minimum Gasteiger partial charge on any atom is -0.436 e. The van der Waals surface area contributed by atoms with E-state index in [1.165, 1.54) is 0 Å². The highest BCUT2D eigenvalue weighted by molar-refractivity contribution is 5.92. The number of rotatable bonds is 5. The number of carbonyl (C=O) groups is 1. The van der Waals surface area contributed by atoms with Crippen LogP contribution in [0, 0.1) is 5.92 Å². The van der Waals surface area contributed by atoms with E-state index >= 15 is 0 Å². The van der Waals surface area contributed by atoms with Crippen LogP contribution in [0.3, 0.4) is 0 Å². The van der Waals surface area contributed by atoms with E-state index in [2.05, 4.69) is 33.0 Å². The molecule has 7 heteroatoms. The minimum atomic E-state index is 0.0709. The van der Waals surface area contributed by atoms with Crippen LogP contribution in [-0.4, -0.2) is 47.5 Å². The third kappa shape index (κ3) is 4.63. The first kappa shape index (κ1) is 20.2. The molecule has 1 aromatic heterocycles. The topological polar surface area (TPSA) is 82.4 Å². The number of nitrogens with zero attached hydrogens (tertiary/aromatic N) is 2. The summed E-state index contributed by atoms with van der Waals surface area (Å²) in [4.78, 5) is 19.7. The van der Waals surface area contributed by atoms with Gasteiger partial charge in [-0.3, -0.25) is 15.6 Å². The first-order chi connectivity index (χ1) is 15.1.